The third-order valence-corrected chi connectivity index (χ3v) is 8.07. The summed E-state index contributed by atoms with van der Waals surface area (Å²) in [6.07, 6.45) is 8.29. The average Bonchev–Trinajstić information content (AvgIpc) is 2.93. The van der Waals surface area contributed by atoms with Crippen molar-refractivity contribution in [2.24, 2.45) is 0 Å². The Morgan fingerprint density at radius 2 is 1.56 bits per heavy atom. The molecule has 2 aromatic carbocycles. The summed E-state index contributed by atoms with van der Waals surface area (Å²) < 4.78 is 0. The van der Waals surface area contributed by atoms with Crippen LogP contribution in [0, 0.1) is 13.8 Å². The topological polar surface area (TPSA) is 39.7 Å². The highest BCUT2D eigenvalue weighted by molar-refractivity contribution is 5.97. The molecule has 0 radical (unpaired) electrons. The van der Waals surface area contributed by atoms with Crippen LogP contribution in [0.25, 0.3) is 0 Å². The Labute approximate surface area is 215 Å². The number of para-hydroxylation sites is 1. The lowest BCUT2D eigenvalue weighted by molar-refractivity contribution is 0.0576. The summed E-state index contributed by atoms with van der Waals surface area (Å²) in [4.78, 5) is 24.9. The van der Waals surface area contributed by atoms with E-state index in [1.54, 1.807) is 0 Å². The molecule has 1 amide bonds. The summed E-state index contributed by atoms with van der Waals surface area (Å²) in [7, 11) is 0. The van der Waals surface area contributed by atoms with Gasteiger partial charge in [-0.25, -0.2) is 0 Å². The molecule has 0 saturated carbocycles. The number of rotatable bonds is 6. The number of benzene rings is 2. The quantitative estimate of drug-likeness (QED) is 0.467. The van der Waals surface area contributed by atoms with Gasteiger partial charge in [0, 0.05) is 68.5 Å². The minimum atomic E-state index is 0.205. The van der Waals surface area contributed by atoms with Crippen LogP contribution in [0.4, 0.5) is 5.69 Å². The van der Waals surface area contributed by atoms with Crippen molar-refractivity contribution in [3.05, 3.63) is 95.3 Å². The molecule has 5 nitrogen and oxygen atoms in total. The van der Waals surface area contributed by atoms with Crippen LogP contribution >= 0.6 is 0 Å². The maximum Gasteiger partial charge on any atom is 0.254 e. The van der Waals surface area contributed by atoms with E-state index in [0.29, 0.717) is 12.1 Å². The second-order valence-electron chi connectivity index (χ2n) is 10.4. The summed E-state index contributed by atoms with van der Waals surface area (Å²) in [5, 5.41) is 0. The van der Waals surface area contributed by atoms with Gasteiger partial charge in [-0.15, -0.1) is 0 Å². The van der Waals surface area contributed by atoms with Gasteiger partial charge >= 0.3 is 0 Å². The monoisotopic (exact) mass is 482 g/mol. The zero-order valence-corrected chi connectivity index (χ0v) is 21.6. The number of piperidine rings is 2. The highest BCUT2D eigenvalue weighted by Gasteiger charge is 2.32. The number of aryl methyl sites for hydroxylation is 2. The molecule has 0 atom stereocenters. The van der Waals surface area contributed by atoms with Crippen molar-refractivity contribution in [2.45, 2.75) is 58.2 Å². The van der Waals surface area contributed by atoms with Crippen LogP contribution in [0.1, 0.15) is 52.7 Å². The standard InChI is InChI=1S/C31H38N4O/c1-24-8-6-9-25(2)30(24)31(36)34-20-13-27(14-21-34)33-18-15-29(16-19-33)35(28-11-4-3-5-12-28)23-26-10-7-17-32-22-26/h3-12,17,22,27,29H,13-16,18-21,23H2,1-2H3. The average molecular weight is 483 g/mol. The number of hydrogen-bond donors (Lipinski definition) is 0. The molecule has 0 spiro atoms. The lowest BCUT2D eigenvalue weighted by atomic mass is 9.95. The molecule has 0 aliphatic carbocycles. The van der Waals surface area contributed by atoms with Crippen LogP contribution in [0.15, 0.2) is 73.1 Å². The molecule has 188 valence electrons. The lowest BCUT2D eigenvalue weighted by Gasteiger charge is -2.44. The van der Waals surface area contributed by atoms with Gasteiger partial charge in [0.25, 0.3) is 5.91 Å². The lowest BCUT2D eigenvalue weighted by Crippen LogP contribution is -2.52. The number of nitrogens with zero attached hydrogens (tertiary/aromatic N) is 4. The summed E-state index contributed by atoms with van der Waals surface area (Å²) in [5.74, 6) is 0.205. The van der Waals surface area contributed by atoms with E-state index in [1.807, 2.05) is 50.5 Å². The Morgan fingerprint density at radius 1 is 0.861 bits per heavy atom. The van der Waals surface area contributed by atoms with Crippen molar-refractivity contribution in [3.8, 4) is 0 Å². The Balaban J connectivity index is 1.18. The number of likely N-dealkylation sites (tertiary alicyclic amines) is 2. The normalized spacial score (nSPS) is 17.8. The first-order chi connectivity index (χ1) is 17.6. The number of amides is 1. The molecule has 2 aliphatic heterocycles. The Hall–Kier alpha value is -3.18. The molecule has 5 heteroatoms. The molecular weight excluding hydrogens is 444 g/mol. The number of carbonyl (C=O) groups excluding carboxylic acids is 1. The maximum atomic E-state index is 13.2. The molecule has 2 fully saturated rings. The second kappa shape index (κ2) is 11.3. The minimum Gasteiger partial charge on any atom is -0.364 e. The third-order valence-electron chi connectivity index (χ3n) is 8.07. The van der Waals surface area contributed by atoms with Gasteiger partial charge in [0.15, 0.2) is 0 Å². The summed E-state index contributed by atoms with van der Waals surface area (Å²) in [6, 6.07) is 22.2. The first-order valence-corrected chi connectivity index (χ1v) is 13.4. The second-order valence-corrected chi connectivity index (χ2v) is 10.4. The largest absolute Gasteiger partial charge is 0.364 e. The fourth-order valence-corrected chi connectivity index (χ4v) is 6.05. The Morgan fingerprint density at radius 3 is 2.19 bits per heavy atom. The van der Waals surface area contributed by atoms with E-state index in [2.05, 4.69) is 56.1 Å². The zero-order valence-electron chi connectivity index (χ0n) is 21.6. The van der Waals surface area contributed by atoms with Crippen molar-refractivity contribution in [1.29, 1.82) is 0 Å². The van der Waals surface area contributed by atoms with Gasteiger partial charge in [-0.2, -0.15) is 0 Å². The first kappa shape index (κ1) is 24.5. The number of pyridine rings is 1. The van der Waals surface area contributed by atoms with Gasteiger partial charge < -0.3 is 14.7 Å². The highest BCUT2D eigenvalue weighted by Crippen LogP contribution is 2.29. The van der Waals surface area contributed by atoms with E-state index in [9.17, 15) is 4.79 Å². The van der Waals surface area contributed by atoms with E-state index >= 15 is 0 Å². The van der Waals surface area contributed by atoms with Crippen molar-refractivity contribution in [1.82, 2.24) is 14.8 Å². The Kier molecular flexibility index (Phi) is 7.66. The molecular formula is C31H38N4O. The first-order valence-electron chi connectivity index (χ1n) is 13.4. The van der Waals surface area contributed by atoms with E-state index in [1.165, 1.54) is 11.3 Å². The molecule has 36 heavy (non-hydrogen) atoms. The number of hydrogen-bond acceptors (Lipinski definition) is 4. The van der Waals surface area contributed by atoms with Crippen LogP contribution < -0.4 is 4.90 Å². The maximum absolute atomic E-state index is 13.2. The smallest absolute Gasteiger partial charge is 0.254 e. The van der Waals surface area contributed by atoms with E-state index in [0.717, 1.165) is 75.1 Å². The SMILES string of the molecule is Cc1cccc(C)c1C(=O)N1CCC(N2CCC(N(Cc3cccnc3)c3ccccc3)CC2)CC1. The van der Waals surface area contributed by atoms with Gasteiger partial charge in [0.05, 0.1) is 0 Å². The summed E-state index contributed by atoms with van der Waals surface area (Å²) in [5.41, 5.74) is 5.60. The zero-order chi connectivity index (χ0) is 24.9. The van der Waals surface area contributed by atoms with Crippen LogP contribution in [-0.2, 0) is 6.54 Å². The molecule has 0 bridgehead atoms. The number of carbonyl (C=O) groups is 1. The van der Waals surface area contributed by atoms with Crippen LogP contribution in [0.5, 0.6) is 0 Å². The number of anilines is 1. The van der Waals surface area contributed by atoms with Crippen molar-refractivity contribution < 1.29 is 4.79 Å². The molecule has 0 N–H and O–H groups in total. The van der Waals surface area contributed by atoms with Gasteiger partial charge in [-0.05, 0) is 74.4 Å². The molecule has 3 heterocycles. The van der Waals surface area contributed by atoms with Gasteiger partial charge in [-0.1, -0.05) is 42.5 Å². The fraction of sp³-hybridized carbons (Fsp3) is 0.419. The summed E-state index contributed by atoms with van der Waals surface area (Å²) in [6.45, 7) is 8.94. The van der Waals surface area contributed by atoms with Crippen molar-refractivity contribution in [3.63, 3.8) is 0 Å². The van der Waals surface area contributed by atoms with Crippen molar-refractivity contribution in [2.75, 3.05) is 31.1 Å². The van der Waals surface area contributed by atoms with Crippen LogP contribution in [0.2, 0.25) is 0 Å². The van der Waals surface area contributed by atoms with E-state index in [-0.39, 0.29) is 5.91 Å². The Bertz CT molecular complexity index is 1110. The van der Waals surface area contributed by atoms with Gasteiger partial charge in [0.1, 0.15) is 0 Å². The molecule has 5 rings (SSSR count). The summed E-state index contributed by atoms with van der Waals surface area (Å²) >= 11 is 0. The van der Waals surface area contributed by atoms with Gasteiger partial charge in [-0.3, -0.25) is 9.78 Å². The third kappa shape index (κ3) is 5.46. The highest BCUT2D eigenvalue weighted by atomic mass is 16.2. The van der Waals surface area contributed by atoms with Crippen molar-refractivity contribution >= 4 is 11.6 Å². The predicted octanol–water partition coefficient (Wildman–Crippen LogP) is 5.47. The van der Waals surface area contributed by atoms with Crippen LogP contribution in [-0.4, -0.2) is 59.0 Å². The fourth-order valence-electron chi connectivity index (χ4n) is 6.05. The molecule has 3 aromatic rings. The molecule has 1 aromatic heterocycles. The van der Waals surface area contributed by atoms with E-state index < -0.39 is 0 Å². The van der Waals surface area contributed by atoms with E-state index in [4.69, 9.17) is 0 Å². The molecule has 0 unspecified atom stereocenters. The molecule has 2 saturated heterocycles. The predicted molar refractivity (Wildman–Crippen MR) is 146 cm³/mol. The van der Waals surface area contributed by atoms with Crippen LogP contribution in [0.3, 0.4) is 0 Å². The molecule has 2 aliphatic rings. The minimum absolute atomic E-state index is 0.205. The number of aromatic nitrogens is 1. The van der Waals surface area contributed by atoms with Gasteiger partial charge in [0.2, 0.25) is 0 Å².